The summed E-state index contributed by atoms with van der Waals surface area (Å²) in [6, 6.07) is 7.67. The van der Waals surface area contributed by atoms with Crippen molar-refractivity contribution >= 4 is 30.7 Å². The number of carbonyl (C=O) groups excluding carboxylic acids is 1. The summed E-state index contributed by atoms with van der Waals surface area (Å²) < 4.78 is 5.62. The average Bonchev–Trinajstić information content (AvgIpc) is 2.95. The highest BCUT2D eigenvalue weighted by Gasteiger charge is 2.11. The van der Waals surface area contributed by atoms with Crippen molar-refractivity contribution in [3.8, 4) is 11.6 Å². The number of nitrogens with one attached hydrogen (secondary N) is 2. The van der Waals surface area contributed by atoms with Gasteiger partial charge in [-0.3, -0.25) is 9.78 Å². The highest BCUT2D eigenvalue weighted by molar-refractivity contribution is 5.94. The van der Waals surface area contributed by atoms with Crippen LogP contribution in [-0.2, 0) is 0 Å². The van der Waals surface area contributed by atoms with Crippen LogP contribution >= 0.6 is 24.8 Å². The van der Waals surface area contributed by atoms with E-state index in [1.807, 2.05) is 0 Å². The van der Waals surface area contributed by atoms with E-state index in [2.05, 4.69) is 20.6 Å². The van der Waals surface area contributed by atoms with E-state index in [9.17, 15) is 4.79 Å². The van der Waals surface area contributed by atoms with Gasteiger partial charge >= 0.3 is 0 Å². The summed E-state index contributed by atoms with van der Waals surface area (Å²) in [7, 11) is 0. The first-order valence-corrected chi connectivity index (χ1v) is 9.37. The fourth-order valence-electron chi connectivity index (χ4n) is 3.20. The molecule has 0 unspecified atom stereocenters. The smallest absolute Gasteiger partial charge is 0.251 e. The number of halogens is 2. The minimum Gasteiger partial charge on any atom is -0.437 e. The Bertz CT molecular complexity index is 696. The maximum Gasteiger partial charge on any atom is 0.251 e. The van der Waals surface area contributed by atoms with Crippen LogP contribution in [0.4, 0.5) is 0 Å². The summed E-state index contributed by atoms with van der Waals surface area (Å²) in [6.45, 7) is 1.41. The molecule has 1 saturated carbocycles. The Morgan fingerprint density at radius 2 is 1.86 bits per heavy atom. The Labute approximate surface area is 178 Å². The van der Waals surface area contributed by atoms with Crippen LogP contribution in [0.25, 0.3) is 0 Å². The molecule has 1 aromatic carbocycles. The third kappa shape index (κ3) is 8.00. The van der Waals surface area contributed by atoms with E-state index in [1.165, 1.54) is 44.7 Å². The maximum atomic E-state index is 12.3. The van der Waals surface area contributed by atoms with Crippen molar-refractivity contribution < 1.29 is 9.53 Å². The second-order valence-electron chi connectivity index (χ2n) is 6.57. The number of ether oxygens (including phenoxy) is 1. The van der Waals surface area contributed by atoms with Gasteiger partial charge in [-0.15, -0.1) is 24.8 Å². The number of aromatic nitrogens is 2. The van der Waals surface area contributed by atoms with E-state index < -0.39 is 0 Å². The van der Waals surface area contributed by atoms with Crippen molar-refractivity contribution in [1.82, 2.24) is 20.6 Å². The van der Waals surface area contributed by atoms with Crippen LogP contribution in [0.5, 0.6) is 11.6 Å². The van der Waals surface area contributed by atoms with Crippen molar-refractivity contribution in [3.63, 3.8) is 0 Å². The fourth-order valence-corrected chi connectivity index (χ4v) is 3.20. The zero-order valence-corrected chi connectivity index (χ0v) is 17.4. The largest absolute Gasteiger partial charge is 0.437 e. The molecule has 8 heteroatoms. The molecule has 0 spiro atoms. The van der Waals surface area contributed by atoms with Gasteiger partial charge < -0.3 is 15.4 Å². The summed E-state index contributed by atoms with van der Waals surface area (Å²) in [5, 5.41) is 6.52. The van der Waals surface area contributed by atoms with Crippen molar-refractivity contribution in [3.05, 3.63) is 48.4 Å². The van der Waals surface area contributed by atoms with Gasteiger partial charge in [-0.05, 0) is 31.0 Å². The monoisotopic (exact) mass is 426 g/mol. The number of amides is 1. The first kappa shape index (κ1) is 24.1. The molecule has 0 bridgehead atoms. The van der Waals surface area contributed by atoms with Crippen molar-refractivity contribution in [2.45, 2.75) is 44.6 Å². The minimum absolute atomic E-state index is 0. The van der Waals surface area contributed by atoms with Crippen LogP contribution in [0, 0.1) is 0 Å². The van der Waals surface area contributed by atoms with E-state index in [1.54, 1.807) is 36.7 Å². The van der Waals surface area contributed by atoms with Gasteiger partial charge in [0.25, 0.3) is 5.91 Å². The van der Waals surface area contributed by atoms with Gasteiger partial charge in [-0.1, -0.05) is 31.7 Å². The molecule has 28 heavy (non-hydrogen) atoms. The molecule has 154 valence electrons. The third-order valence-corrected chi connectivity index (χ3v) is 4.56. The lowest BCUT2D eigenvalue weighted by Gasteiger charge is -2.16. The molecular weight excluding hydrogens is 399 g/mol. The molecular formula is C20H28Cl2N4O2. The summed E-state index contributed by atoms with van der Waals surface area (Å²) in [4.78, 5) is 20.4. The van der Waals surface area contributed by atoms with Crippen LogP contribution < -0.4 is 15.4 Å². The molecule has 1 fully saturated rings. The Balaban J connectivity index is 0.00000196. The molecule has 1 heterocycles. The number of carbonyl (C=O) groups is 1. The first-order valence-electron chi connectivity index (χ1n) is 9.37. The first-order chi connectivity index (χ1) is 12.8. The molecule has 1 aliphatic carbocycles. The summed E-state index contributed by atoms with van der Waals surface area (Å²) >= 11 is 0. The fraction of sp³-hybridized carbons (Fsp3) is 0.450. The van der Waals surface area contributed by atoms with Gasteiger partial charge in [0.1, 0.15) is 5.75 Å². The molecule has 6 nitrogen and oxygen atoms in total. The molecule has 2 N–H and O–H groups in total. The molecule has 3 rings (SSSR count). The Morgan fingerprint density at radius 3 is 2.57 bits per heavy atom. The van der Waals surface area contributed by atoms with Gasteiger partial charge in [-0.2, -0.15) is 0 Å². The van der Waals surface area contributed by atoms with Crippen molar-refractivity contribution in [2.24, 2.45) is 0 Å². The summed E-state index contributed by atoms with van der Waals surface area (Å²) in [5.41, 5.74) is 0.570. The maximum absolute atomic E-state index is 12.3. The standard InChI is InChI=1S/C20H26N4O2.2ClH/c25-20(24-13-12-22-17-7-3-1-2-4-8-17)16-6-5-9-18(14-16)26-19-15-21-10-11-23-19;;/h5-6,9-11,14-15,17,22H,1-4,7-8,12-13H2,(H,24,25);2*1H. The molecule has 2 aromatic rings. The molecule has 0 aliphatic heterocycles. The zero-order chi connectivity index (χ0) is 18.0. The predicted octanol–water partition coefficient (Wildman–Crippen LogP) is 4.15. The lowest BCUT2D eigenvalue weighted by atomic mass is 10.1. The average molecular weight is 427 g/mol. The number of hydrogen-bond acceptors (Lipinski definition) is 5. The van der Waals surface area contributed by atoms with Gasteiger partial charge in [-0.25, -0.2) is 4.98 Å². The van der Waals surface area contributed by atoms with E-state index >= 15 is 0 Å². The van der Waals surface area contributed by atoms with Crippen molar-refractivity contribution in [1.29, 1.82) is 0 Å². The summed E-state index contributed by atoms with van der Waals surface area (Å²) in [6.07, 6.45) is 12.5. The number of rotatable bonds is 7. The van der Waals surface area contributed by atoms with E-state index in [0.717, 1.165) is 6.54 Å². The minimum atomic E-state index is -0.0998. The van der Waals surface area contributed by atoms with Crippen LogP contribution in [0.2, 0.25) is 0 Å². The topological polar surface area (TPSA) is 76.1 Å². The quantitative estimate of drug-likeness (QED) is 0.513. The van der Waals surface area contributed by atoms with Crippen LogP contribution in [-0.4, -0.2) is 35.0 Å². The number of hydrogen-bond donors (Lipinski definition) is 2. The van der Waals surface area contributed by atoms with Crippen LogP contribution in [0.3, 0.4) is 0 Å². The van der Waals surface area contributed by atoms with Gasteiger partial charge in [0.2, 0.25) is 5.88 Å². The normalized spacial score (nSPS) is 14.1. The second kappa shape index (κ2) is 13.3. The second-order valence-corrected chi connectivity index (χ2v) is 6.57. The predicted molar refractivity (Wildman–Crippen MR) is 115 cm³/mol. The molecule has 1 aromatic heterocycles. The van der Waals surface area contributed by atoms with Gasteiger partial charge in [0.05, 0.1) is 6.20 Å². The Hall–Kier alpha value is -1.89. The Kier molecular flexibility index (Phi) is 11.5. The van der Waals surface area contributed by atoms with E-state index in [0.29, 0.717) is 29.8 Å². The molecule has 0 atom stereocenters. The molecule has 0 radical (unpaired) electrons. The van der Waals surface area contributed by atoms with E-state index in [4.69, 9.17) is 4.74 Å². The SMILES string of the molecule is Cl.Cl.O=C(NCCNC1CCCCCC1)c1cccc(Oc2cnccn2)c1. The molecule has 0 saturated heterocycles. The molecule has 1 aliphatic rings. The molecule has 1 amide bonds. The number of nitrogens with zero attached hydrogens (tertiary/aromatic N) is 2. The summed E-state index contributed by atoms with van der Waals surface area (Å²) in [5.74, 6) is 0.865. The van der Waals surface area contributed by atoms with Gasteiger partial charge in [0, 0.05) is 37.1 Å². The third-order valence-electron chi connectivity index (χ3n) is 4.56. The zero-order valence-electron chi connectivity index (χ0n) is 15.8. The lowest BCUT2D eigenvalue weighted by Crippen LogP contribution is -2.36. The lowest BCUT2D eigenvalue weighted by molar-refractivity contribution is 0.0953. The van der Waals surface area contributed by atoms with Crippen LogP contribution in [0.15, 0.2) is 42.9 Å². The number of benzene rings is 1. The van der Waals surface area contributed by atoms with Crippen LogP contribution in [0.1, 0.15) is 48.9 Å². The highest BCUT2D eigenvalue weighted by Crippen LogP contribution is 2.19. The van der Waals surface area contributed by atoms with E-state index in [-0.39, 0.29) is 30.7 Å². The van der Waals surface area contributed by atoms with Gasteiger partial charge in [0.15, 0.2) is 0 Å². The Morgan fingerprint density at radius 1 is 1.07 bits per heavy atom. The highest BCUT2D eigenvalue weighted by atomic mass is 35.5. The van der Waals surface area contributed by atoms with Crippen molar-refractivity contribution in [2.75, 3.05) is 13.1 Å².